The van der Waals surface area contributed by atoms with Crippen molar-refractivity contribution in [1.82, 2.24) is 0 Å². The lowest BCUT2D eigenvalue weighted by atomic mass is 9.86. The first-order chi connectivity index (χ1) is 7.75. The number of methoxy groups -OCH3 is 1. The molecule has 4 nitrogen and oxygen atoms in total. The van der Waals surface area contributed by atoms with Crippen molar-refractivity contribution in [2.24, 2.45) is 9.81 Å². The van der Waals surface area contributed by atoms with Gasteiger partial charge in [-0.3, -0.25) is 0 Å². The Hall–Kier alpha value is -1.36. The molecule has 0 bridgehead atoms. The van der Waals surface area contributed by atoms with E-state index in [4.69, 9.17) is 4.74 Å². The number of hydrogen-bond donors (Lipinski definition) is 0. The monoisotopic (exact) mass is 253 g/mol. The predicted molar refractivity (Wildman–Crippen MR) is 66.2 cm³/mol. The van der Waals surface area contributed by atoms with E-state index in [-0.39, 0.29) is 10.3 Å². The molecule has 0 N–H and O–H groups in total. The summed E-state index contributed by atoms with van der Waals surface area (Å²) in [5.74, 6) is 0.526. The third-order valence-corrected chi connectivity index (χ3v) is 3.96. The maximum atomic E-state index is 11.9. The van der Waals surface area contributed by atoms with Crippen LogP contribution in [-0.2, 0) is 10.0 Å². The summed E-state index contributed by atoms with van der Waals surface area (Å²) in [6, 6.07) is 5.02. The molecule has 0 fully saturated rings. The van der Waals surface area contributed by atoms with Crippen LogP contribution in [0.2, 0.25) is 0 Å². The van der Waals surface area contributed by atoms with Crippen molar-refractivity contribution in [3.63, 3.8) is 0 Å². The van der Waals surface area contributed by atoms with E-state index in [9.17, 15) is 8.42 Å². The van der Waals surface area contributed by atoms with Crippen LogP contribution in [0.15, 0.2) is 27.5 Å². The normalized spacial score (nSPS) is 17.5. The summed E-state index contributed by atoms with van der Waals surface area (Å²) in [5, 5.41) is 0. The molecule has 92 valence electrons. The highest BCUT2D eigenvalue weighted by Crippen LogP contribution is 2.35. The molecule has 0 saturated carbocycles. The summed E-state index contributed by atoms with van der Waals surface area (Å²) in [6.07, 6.45) is 0. The average Bonchev–Trinajstić information content (AvgIpc) is 2.50. The maximum Gasteiger partial charge on any atom is 0.283 e. The third-order valence-electron chi connectivity index (χ3n) is 2.64. The minimum Gasteiger partial charge on any atom is -0.497 e. The van der Waals surface area contributed by atoms with Crippen molar-refractivity contribution in [3.8, 4) is 5.75 Å². The molecule has 0 spiro atoms. The lowest BCUT2D eigenvalue weighted by Crippen LogP contribution is -2.19. The first kappa shape index (κ1) is 12.1. The van der Waals surface area contributed by atoms with Crippen molar-refractivity contribution in [3.05, 3.63) is 23.8 Å². The van der Waals surface area contributed by atoms with E-state index < -0.39 is 10.0 Å². The Kier molecular flexibility index (Phi) is 2.54. The molecule has 5 heteroatoms. The number of benzene rings is 1. The van der Waals surface area contributed by atoms with Crippen LogP contribution in [0, 0.1) is 5.41 Å². The topological polar surface area (TPSA) is 55.7 Å². The Morgan fingerprint density at radius 3 is 2.41 bits per heavy atom. The molecule has 17 heavy (non-hydrogen) atoms. The number of ether oxygens (including phenoxy) is 1. The highest BCUT2D eigenvalue weighted by molar-refractivity contribution is 7.90. The number of hydrogen-bond acceptors (Lipinski definition) is 3. The highest BCUT2D eigenvalue weighted by atomic mass is 32.2. The fraction of sp³-hybridized carbons (Fsp3) is 0.417. The molecule has 2 rings (SSSR count). The molecule has 0 aromatic heterocycles. The molecule has 1 aromatic carbocycles. The number of nitrogens with zero attached hydrogens (tertiary/aromatic N) is 1. The van der Waals surface area contributed by atoms with Gasteiger partial charge in [-0.2, -0.15) is 12.8 Å². The standard InChI is InChI=1S/C12H15NO3S/c1-12(2,3)11-9-6-5-8(16-4)7-10(9)17(14,15)13-11/h5-7H,1-4H3. The summed E-state index contributed by atoms with van der Waals surface area (Å²) in [4.78, 5) is 0.238. The van der Waals surface area contributed by atoms with E-state index in [0.717, 1.165) is 0 Å². The molecular formula is C12H15NO3S. The lowest BCUT2D eigenvalue weighted by molar-refractivity contribution is 0.413. The molecule has 0 aliphatic carbocycles. The molecule has 0 unspecified atom stereocenters. The molecule has 0 saturated heterocycles. The van der Waals surface area contributed by atoms with Crippen LogP contribution < -0.4 is 4.74 Å². The van der Waals surface area contributed by atoms with Crippen LogP contribution in [-0.4, -0.2) is 21.2 Å². The number of fused-ring (bicyclic) bond motifs is 1. The maximum absolute atomic E-state index is 11.9. The van der Waals surface area contributed by atoms with Crippen LogP contribution in [0.3, 0.4) is 0 Å². The van der Waals surface area contributed by atoms with Gasteiger partial charge in [-0.15, -0.1) is 0 Å². The van der Waals surface area contributed by atoms with E-state index >= 15 is 0 Å². The van der Waals surface area contributed by atoms with E-state index in [0.29, 0.717) is 17.0 Å². The Balaban J connectivity index is 2.69. The van der Waals surface area contributed by atoms with E-state index in [1.807, 2.05) is 20.8 Å². The molecule has 0 atom stereocenters. The van der Waals surface area contributed by atoms with Crippen molar-refractivity contribution < 1.29 is 13.2 Å². The van der Waals surface area contributed by atoms with Crippen LogP contribution in [0.1, 0.15) is 26.3 Å². The zero-order valence-corrected chi connectivity index (χ0v) is 11.1. The first-order valence-corrected chi connectivity index (χ1v) is 6.73. The Morgan fingerprint density at radius 2 is 1.88 bits per heavy atom. The summed E-state index contributed by atoms with van der Waals surface area (Å²) in [6.45, 7) is 5.84. The van der Waals surface area contributed by atoms with Crippen molar-refractivity contribution in [2.75, 3.05) is 7.11 Å². The smallest absolute Gasteiger partial charge is 0.283 e. The summed E-state index contributed by atoms with van der Waals surface area (Å²) < 4.78 is 32.8. The van der Waals surface area contributed by atoms with Crippen LogP contribution in [0.5, 0.6) is 5.75 Å². The fourth-order valence-electron chi connectivity index (χ4n) is 1.80. The van der Waals surface area contributed by atoms with Gasteiger partial charge >= 0.3 is 0 Å². The fourth-order valence-corrected chi connectivity index (χ4v) is 3.22. The van der Waals surface area contributed by atoms with Gasteiger partial charge in [-0.1, -0.05) is 20.8 Å². The minimum absolute atomic E-state index is 0.238. The van der Waals surface area contributed by atoms with Gasteiger partial charge in [0.1, 0.15) is 10.6 Å². The van der Waals surface area contributed by atoms with Gasteiger partial charge in [-0.25, -0.2) is 0 Å². The largest absolute Gasteiger partial charge is 0.497 e. The van der Waals surface area contributed by atoms with Gasteiger partial charge < -0.3 is 4.74 Å². The van der Waals surface area contributed by atoms with Gasteiger partial charge in [0.15, 0.2) is 0 Å². The third kappa shape index (κ3) is 1.95. The first-order valence-electron chi connectivity index (χ1n) is 5.29. The van der Waals surface area contributed by atoms with Gasteiger partial charge in [-0.05, 0) is 12.1 Å². The zero-order chi connectivity index (χ0) is 12.8. The van der Waals surface area contributed by atoms with Crippen LogP contribution in [0.4, 0.5) is 0 Å². The Bertz CT molecular complexity index is 595. The van der Waals surface area contributed by atoms with Gasteiger partial charge in [0, 0.05) is 17.0 Å². The van der Waals surface area contributed by atoms with Crippen LogP contribution >= 0.6 is 0 Å². The van der Waals surface area contributed by atoms with E-state index in [2.05, 4.69) is 4.40 Å². The molecule has 1 aliphatic rings. The summed E-state index contributed by atoms with van der Waals surface area (Å²) >= 11 is 0. The Morgan fingerprint density at radius 1 is 1.24 bits per heavy atom. The van der Waals surface area contributed by atoms with Gasteiger partial charge in [0.25, 0.3) is 10.0 Å². The summed E-state index contributed by atoms with van der Waals surface area (Å²) in [5.41, 5.74) is 0.987. The second-order valence-electron chi connectivity index (χ2n) is 5.03. The molecule has 0 radical (unpaired) electrons. The lowest BCUT2D eigenvalue weighted by Gasteiger charge is -2.18. The van der Waals surface area contributed by atoms with E-state index in [1.165, 1.54) is 13.2 Å². The van der Waals surface area contributed by atoms with Crippen molar-refractivity contribution in [1.29, 1.82) is 0 Å². The molecule has 0 amide bonds. The summed E-state index contributed by atoms with van der Waals surface area (Å²) in [7, 11) is -2.05. The second kappa shape index (κ2) is 3.57. The Labute approximate surface area is 101 Å². The zero-order valence-electron chi connectivity index (χ0n) is 10.3. The minimum atomic E-state index is -3.56. The number of rotatable bonds is 1. The van der Waals surface area contributed by atoms with Gasteiger partial charge in [0.2, 0.25) is 0 Å². The van der Waals surface area contributed by atoms with E-state index in [1.54, 1.807) is 12.1 Å². The molecule has 1 heterocycles. The molecular weight excluding hydrogens is 238 g/mol. The van der Waals surface area contributed by atoms with Crippen LogP contribution in [0.25, 0.3) is 0 Å². The molecule has 1 aliphatic heterocycles. The SMILES string of the molecule is COc1ccc2c(c1)S(=O)(=O)N=C2C(C)(C)C. The van der Waals surface area contributed by atoms with Crippen molar-refractivity contribution >= 4 is 15.7 Å². The highest BCUT2D eigenvalue weighted by Gasteiger charge is 2.35. The quantitative estimate of drug-likeness (QED) is 0.771. The molecule has 1 aromatic rings. The number of sulfonamides is 1. The second-order valence-corrected chi connectivity index (χ2v) is 6.60. The van der Waals surface area contributed by atoms with Gasteiger partial charge in [0.05, 0.1) is 12.8 Å². The van der Waals surface area contributed by atoms with Crippen molar-refractivity contribution in [2.45, 2.75) is 25.7 Å². The predicted octanol–water partition coefficient (Wildman–Crippen LogP) is 2.23. The average molecular weight is 253 g/mol.